The molecule has 0 saturated carbocycles. The lowest BCUT2D eigenvalue weighted by molar-refractivity contribution is 0.202. The molecule has 1 unspecified atom stereocenters. The summed E-state index contributed by atoms with van der Waals surface area (Å²) in [4.78, 5) is 12.9. The molecule has 150 valence electrons. The molecule has 1 aromatic heterocycles. The SMILES string of the molecule is CCS(=O)c1oc2c([C@H](C)O[Si](C)(C)C(C)(C)C)cc(C)cc2c(=O)c1C. The molecule has 2 atom stereocenters. The highest BCUT2D eigenvalue weighted by Gasteiger charge is 2.39. The van der Waals surface area contributed by atoms with Gasteiger partial charge in [0, 0.05) is 16.9 Å². The van der Waals surface area contributed by atoms with Crippen LogP contribution in [0.3, 0.4) is 0 Å². The minimum atomic E-state index is -2.00. The minimum Gasteiger partial charge on any atom is -0.446 e. The zero-order chi connectivity index (χ0) is 20.7. The zero-order valence-corrected chi connectivity index (χ0v) is 19.8. The van der Waals surface area contributed by atoms with Crippen molar-refractivity contribution in [2.24, 2.45) is 0 Å². The minimum absolute atomic E-state index is 0.0766. The van der Waals surface area contributed by atoms with Gasteiger partial charge in [0.25, 0.3) is 0 Å². The van der Waals surface area contributed by atoms with Gasteiger partial charge >= 0.3 is 0 Å². The van der Waals surface area contributed by atoms with Crippen LogP contribution in [-0.4, -0.2) is 18.3 Å². The lowest BCUT2D eigenvalue weighted by Gasteiger charge is -2.38. The fourth-order valence-electron chi connectivity index (χ4n) is 2.88. The molecule has 0 N–H and O–H groups in total. The Balaban J connectivity index is 2.71. The topological polar surface area (TPSA) is 56.5 Å². The van der Waals surface area contributed by atoms with Crippen LogP contribution in [0.25, 0.3) is 11.0 Å². The molecular formula is C21H32O4SSi. The van der Waals surface area contributed by atoms with Crippen molar-refractivity contribution in [3.05, 3.63) is 39.0 Å². The summed E-state index contributed by atoms with van der Waals surface area (Å²) in [6.07, 6.45) is -0.220. The molecule has 0 radical (unpaired) electrons. The van der Waals surface area contributed by atoms with Gasteiger partial charge in [-0.3, -0.25) is 9.00 Å². The Morgan fingerprint density at radius 1 is 1.22 bits per heavy atom. The van der Waals surface area contributed by atoms with Crippen LogP contribution in [0.4, 0.5) is 0 Å². The first-order valence-corrected chi connectivity index (χ1v) is 13.7. The van der Waals surface area contributed by atoms with Gasteiger partial charge in [0.15, 0.2) is 18.8 Å². The Labute approximate surface area is 165 Å². The maximum atomic E-state index is 12.9. The number of rotatable bonds is 5. The monoisotopic (exact) mass is 408 g/mol. The fourth-order valence-corrected chi connectivity index (χ4v) is 5.12. The van der Waals surface area contributed by atoms with Crippen molar-refractivity contribution in [3.8, 4) is 0 Å². The number of fused-ring (bicyclic) bond motifs is 1. The Morgan fingerprint density at radius 2 is 1.81 bits per heavy atom. The van der Waals surface area contributed by atoms with Gasteiger partial charge in [-0.15, -0.1) is 0 Å². The van der Waals surface area contributed by atoms with Crippen LogP contribution >= 0.6 is 0 Å². The molecule has 0 aliphatic rings. The van der Waals surface area contributed by atoms with E-state index in [-0.39, 0.29) is 21.7 Å². The van der Waals surface area contributed by atoms with Crippen LogP contribution in [0.2, 0.25) is 18.1 Å². The second kappa shape index (κ2) is 7.64. The van der Waals surface area contributed by atoms with E-state index in [1.54, 1.807) is 6.92 Å². The first-order chi connectivity index (χ1) is 12.3. The third kappa shape index (κ3) is 4.28. The second-order valence-electron chi connectivity index (χ2n) is 8.73. The third-order valence-corrected chi connectivity index (χ3v) is 11.4. The molecular weight excluding hydrogens is 376 g/mol. The molecule has 1 heterocycles. The maximum Gasteiger partial charge on any atom is 0.197 e. The molecule has 0 fully saturated rings. The number of hydrogen-bond acceptors (Lipinski definition) is 4. The molecule has 1 aromatic carbocycles. The van der Waals surface area contributed by atoms with Gasteiger partial charge in [-0.2, -0.15) is 0 Å². The van der Waals surface area contributed by atoms with Crippen LogP contribution in [0.1, 0.15) is 57.4 Å². The summed E-state index contributed by atoms with van der Waals surface area (Å²) in [6.45, 7) is 18.5. The fraction of sp³-hybridized carbons (Fsp3) is 0.571. The van der Waals surface area contributed by atoms with Crippen LogP contribution in [0, 0.1) is 13.8 Å². The Hall–Kier alpha value is -1.24. The van der Waals surface area contributed by atoms with Crippen LogP contribution in [-0.2, 0) is 15.2 Å². The van der Waals surface area contributed by atoms with Gasteiger partial charge in [0.2, 0.25) is 0 Å². The van der Waals surface area contributed by atoms with E-state index in [9.17, 15) is 9.00 Å². The highest BCUT2D eigenvalue weighted by Crippen LogP contribution is 2.40. The van der Waals surface area contributed by atoms with Crippen molar-refractivity contribution in [2.45, 2.75) is 77.8 Å². The molecule has 0 saturated heterocycles. The molecule has 0 amide bonds. The molecule has 2 rings (SSSR count). The largest absolute Gasteiger partial charge is 0.446 e. The molecule has 27 heavy (non-hydrogen) atoms. The molecule has 0 spiro atoms. The summed E-state index contributed by atoms with van der Waals surface area (Å²) in [7, 11) is -3.33. The predicted molar refractivity (Wildman–Crippen MR) is 116 cm³/mol. The van der Waals surface area contributed by atoms with Gasteiger partial charge in [-0.25, -0.2) is 0 Å². The number of benzene rings is 1. The van der Waals surface area contributed by atoms with Crippen LogP contribution < -0.4 is 5.43 Å². The Bertz CT molecular complexity index is 938. The normalized spacial score (nSPS) is 15.1. The van der Waals surface area contributed by atoms with Crippen LogP contribution in [0.5, 0.6) is 0 Å². The van der Waals surface area contributed by atoms with Crippen LogP contribution in [0.15, 0.2) is 26.4 Å². The van der Waals surface area contributed by atoms with E-state index < -0.39 is 19.1 Å². The summed E-state index contributed by atoms with van der Waals surface area (Å²) in [5, 5.41) is 0.886. The van der Waals surface area contributed by atoms with E-state index in [1.165, 1.54) is 0 Å². The van der Waals surface area contributed by atoms with Gasteiger partial charge < -0.3 is 8.84 Å². The molecule has 4 nitrogen and oxygen atoms in total. The summed E-state index contributed by atoms with van der Waals surface area (Å²) >= 11 is 0. The smallest absolute Gasteiger partial charge is 0.197 e. The van der Waals surface area contributed by atoms with Gasteiger partial charge in [0.05, 0.1) is 22.3 Å². The van der Waals surface area contributed by atoms with E-state index in [1.807, 2.05) is 32.9 Å². The number of hydrogen-bond donors (Lipinski definition) is 0. The first kappa shape index (κ1) is 22.1. The van der Waals surface area contributed by atoms with E-state index in [0.29, 0.717) is 22.3 Å². The quantitative estimate of drug-likeness (QED) is 0.603. The summed E-state index contributed by atoms with van der Waals surface area (Å²) < 4.78 is 25.0. The van der Waals surface area contributed by atoms with Gasteiger partial charge in [0.1, 0.15) is 5.58 Å². The molecule has 2 aromatic rings. The lowest BCUT2D eigenvalue weighted by Crippen LogP contribution is -2.41. The molecule has 0 bridgehead atoms. The van der Waals surface area contributed by atoms with Crippen molar-refractivity contribution in [1.82, 2.24) is 0 Å². The zero-order valence-electron chi connectivity index (χ0n) is 18.0. The number of aryl methyl sites for hydroxylation is 1. The van der Waals surface area contributed by atoms with E-state index in [0.717, 1.165) is 11.1 Å². The maximum absolute atomic E-state index is 12.9. The van der Waals surface area contributed by atoms with Gasteiger partial charge in [-0.1, -0.05) is 27.7 Å². The van der Waals surface area contributed by atoms with Crippen molar-refractivity contribution < 1.29 is 13.1 Å². The van der Waals surface area contributed by atoms with E-state index in [4.69, 9.17) is 8.84 Å². The predicted octanol–water partition coefficient (Wildman–Crippen LogP) is 5.62. The average molecular weight is 409 g/mol. The summed E-state index contributed by atoms with van der Waals surface area (Å²) in [6, 6.07) is 3.85. The highest BCUT2D eigenvalue weighted by molar-refractivity contribution is 7.84. The summed E-state index contributed by atoms with van der Waals surface area (Å²) in [5.41, 5.74) is 2.65. The Kier molecular flexibility index (Phi) is 6.24. The van der Waals surface area contributed by atoms with Crippen molar-refractivity contribution >= 4 is 30.1 Å². The standard InChI is InChI=1S/C21H32O4SSi/c1-10-26(23)20-14(3)18(22)17-12-13(2)11-16(19(17)24-20)15(4)25-27(8,9)21(5,6)7/h11-12,15H,10H2,1-9H3/t15-,26?/m0/s1. The Morgan fingerprint density at radius 3 is 2.33 bits per heavy atom. The molecule has 0 aliphatic carbocycles. The second-order valence-corrected chi connectivity index (χ2v) is 15.1. The molecule has 0 aliphatic heterocycles. The average Bonchev–Trinajstić information content (AvgIpc) is 2.55. The first-order valence-electron chi connectivity index (χ1n) is 9.44. The summed E-state index contributed by atoms with van der Waals surface area (Å²) in [5.74, 6) is 0.409. The third-order valence-electron chi connectivity index (χ3n) is 5.53. The van der Waals surface area contributed by atoms with E-state index in [2.05, 4.69) is 33.9 Å². The highest BCUT2D eigenvalue weighted by atomic mass is 32.2. The van der Waals surface area contributed by atoms with Crippen molar-refractivity contribution in [1.29, 1.82) is 0 Å². The molecule has 6 heteroatoms. The van der Waals surface area contributed by atoms with Gasteiger partial charge in [-0.05, 0) is 56.6 Å². The van der Waals surface area contributed by atoms with Crippen molar-refractivity contribution in [2.75, 3.05) is 5.75 Å². The van der Waals surface area contributed by atoms with Crippen molar-refractivity contribution in [3.63, 3.8) is 0 Å². The lowest BCUT2D eigenvalue weighted by atomic mass is 10.0. The van der Waals surface area contributed by atoms with E-state index >= 15 is 0 Å².